The highest BCUT2D eigenvalue weighted by Crippen LogP contribution is 2.22. The molecule has 1 fully saturated rings. The molecule has 1 aromatic carbocycles. The molecule has 2 heterocycles. The first-order valence-electron chi connectivity index (χ1n) is 9.07. The summed E-state index contributed by atoms with van der Waals surface area (Å²) in [6.07, 6.45) is 12.9. The number of aromatic amines is 1. The Hall–Kier alpha value is -2.59. The smallest absolute Gasteiger partial charge is 0.229 e. The Balaban J connectivity index is 0.000000244. The number of nitrogens with zero attached hydrogens (tertiary/aromatic N) is 4. The van der Waals surface area contributed by atoms with Crippen LogP contribution >= 0.6 is 11.8 Å². The lowest BCUT2D eigenvalue weighted by molar-refractivity contribution is 0.385. The van der Waals surface area contributed by atoms with Crippen molar-refractivity contribution in [3.8, 4) is 6.57 Å². The molecule has 0 saturated heterocycles. The lowest BCUT2D eigenvalue weighted by Crippen LogP contribution is -1.99. The van der Waals surface area contributed by atoms with Gasteiger partial charge in [-0.25, -0.2) is 10.2 Å². The van der Waals surface area contributed by atoms with E-state index >= 15 is 0 Å². The maximum atomic E-state index is 6.50. The van der Waals surface area contributed by atoms with Crippen LogP contribution in [0, 0.1) is 17.8 Å². The van der Waals surface area contributed by atoms with Crippen LogP contribution in [0.25, 0.3) is 11.0 Å². The molecule has 3 aromatic rings. The Labute approximate surface area is 164 Å². The second kappa shape index (κ2) is 11.2. The highest BCUT2D eigenvalue weighted by atomic mass is 32.2. The average molecular weight is 383 g/mol. The number of rotatable bonds is 3. The summed E-state index contributed by atoms with van der Waals surface area (Å²) in [6.45, 7) is 5.86. The highest BCUT2D eigenvalue weighted by Gasteiger charge is 2.06. The number of thioether (sulfide) groups is 1. The number of H-pyrrole nitrogens is 1. The molecule has 142 valence electrons. The maximum Gasteiger partial charge on any atom is 0.229 e. The molecule has 6 nitrogen and oxygen atoms in total. The fourth-order valence-electron chi connectivity index (χ4n) is 2.91. The predicted octanol–water partition coefficient (Wildman–Crippen LogP) is 5.54. The minimum atomic E-state index is 0.559. The molecule has 7 heteroatoms. The number of nitriles is 1. The van der Waals surface area contributed by atoms with Gasteiger partial charge in [0.25, 0.3) is 0 Å². The van der Waals surface area contributed by atoms with E-state index in [1.54, 1.807) is 24.2 Å². The predicted molar refractivity (Wildman–Crippen MR) is 112 cm³/mol. The first kappa shape index (κ1) is 20.7. The zero-order valence-corrected chi connectivity index (χ0v) is 16.7. The molecule has 0 radical (unpaired) electrons. The van der Waals surface area contributed by atoms with Crippen molar-refractivity contribution in [1.29, 1.82) is 5.26 Å². The summed E-state index contributed by atoms with van der Waals surface area (Å²) >= 11 is 1.71. The standard InChI is InChI=1S/C12H11N5S.C7H14.CHN/c1-18-10-4-2-9(3-5-10)15-12-13-6-8-7-14-17-11(8)16-12;1-7-5-3-2-4-6-7;1-2/h2-7H,1H3,(H2,13,14,15,16,17);7H,2-6H2,1H3;1H. The molecule has 27 heavy (non-hydrogen) atoms. The minimum Gasteiger partial charge on any atom is -0.324 e. The second-order valence-electron chi connectivity index (χ2n) is 6.46. The topological polar surface area (TPSA) is 90.3 Å². The number of aromatic nitrogens is 4. The molecule has 1 aliphatic carbocycles. The van der Waals surface area contributed by atoms with Crippen LogP contribution in [0.5, 0.6) is 0 Å². The number of fused-ring (bicyclic) bond motifs is 1. The van der Waals surface area contributed by atoms with E-state index in [0.29, 0.717) is 5.95 Å². The highest BCUT2D eigenvalue weighted by molar-refractivity contribution is 7.98. The maximum absolute atomic E-state index is 6.50. The van der Waals surface area contributed by atoms with Gasteiger partial charge in [0, 0.05) is 23.4 Å². The summed E-state index contributed by atoms with van der Waals surface area (Å²) in [6, 6.07) is 8.13. The average Bonchev–Trinajstić information content (AvgIpc) is 3.19. The van der Waals surface area contributed by atoms with Crippen LogP contribution in [0.2, 0.25) is 0 Å². The number of hydrogen-bond donors (Lipinski definition) is 2. The largest absolute Gasteiger partial charge is 0.324 e. The van der Waals surface area contributed by atoms with E-state index in [2.05, 4.69) is 57.4 Å². The van der Waals surface area contributed by atoms with Gasteiger partial charge in [0.15, 0.2) is 5.65 Å². The Morgan fingerprint density at radius 1 is 1.11 bits per heavy atom. The zero-order valence-electron chi connectivity index (χ0n) is 15.9. The van der Waals surface area contributed by atoms with Crippen LogP contribution in [0.4, 0.5) is 11.6 Å². The van der Waals surface area contributed by atoms with E-state index in [4.69, 9.17) is 5.26 Å². The van der Waals surface area contributed by atoms with E-state index in [-0.39, 0.29) is 0 Å². The fraction of sp³-hybridized carbons (Fsp3) is 0.400. The summed E-state index contributed by atoms with van der Waals surface area (Å²) in [4.78, 5) is 9.78. The fourth-order valence-corrected chi connectivity index (χ4v) is 3.32. The Kier molecular flexibility index (Phi) is 8.59. The lowest BCUT2D eigenvalue weighted by atomic mass is 9.91. The van der Waals surface area contributed by atoms with Gasteiger partial charge >= 0.3 is 0 Å². The van der Waals surface area contributed by atoms with Gasteiger partial charge < -0.3 is 5.32 Å². The summed E-state index contributed by atoms with van der Waals surface area (Å²) in [5.74, 6) is 1.59. The number of benzene rings is 1. The van der Waals surface area contributed by atoms with E-state index < -0.39 is 0 Å². The van der Waals surface area contributed by atoms with Crippen LogP contribution in [-0.4, -0.2) is 26.4 Å². The molecular formula is C20H26N6S. The van der Waals surface area contributed by atoms with Gasteiger partial charge in [-0.15, -0.1) is 11.8 Å². The Morgan fingerprint density at radius 3 is 2.41 bits per heavy atom. The van der Waals surface area contributed by atoms with Crippen molar-refractivity contribution in [2.24, 2.45) is 5.92 Å². The third-order valence-corrected chi connectivity index (χ3v) is 5.17. The van der Waals surface area contributed by atoms with Crippen LogP contribution in [0.3, 0.4) is 0 Å². The molecule has 4 rings (SSSR count). The van der Waals surface area contributed by atoms with Crippen molar-refractivity contribution < 1.29 is 0 Å². The first-order chi connectivity index (χ1) is 13.2. The lowest BCUT2D eigenvalue weighted by Gasteiger charge is -2.15. The van der Waals surface area contributed by atoms with Gasteiger partial charge in [-0.1, -0.05) is 39.0 Å². The normalized spacial score (nSPS) is 13.8. The molecule has 0 amide bonds. The van der Waals surface area contributed by atoms with Gasteiger partial charge in [-0.05, 0) is 36.4 Å². The SMILES string of the molecule is C#N.CC1CCCCC1.CSc1ccc(Nc2ncc3cn[nH]c3n2)cc1. The van der Waals surface area contributed by atoms with Crippen LogP contribution < -0.4 is 5.32 Å². The van der Waals surface area contributed by atoms with E-state index in [0.717, 1.165) is 22.6 Å². The molecule has 0 unspecified atom stereocenters. The zero-order chi connectivity index (χ0) is 19.5. The monoisotopic (exact) mass is 382 g/mol. The molecule has 0 aliphatic heterocycles. The van der Waals surface area contributed by atoms with Crippen molar-refractivity contribution in [3.05, 3.63) is 36.7 Å². The summed E-state index contributed by atoms with van der Waals surface area (Å²) < 4.78 is 0. The van der Waals surface area contributed by atoms with Gasteiger partial charge in [0.2, 0.25) is 5.95 Å². The van der Waals surface area contributed by atoms with E-state index in [1.165, 1.54) is 37.0 Å². The second-order valence-corrected chi connectivity index (χ2v) is 7.34. The third-order valence-electron chi connectivity index (χ3n) is 4.43. The molecule has 2 N–H and O–H groups in total. The number of hydrogen-bond acceptors (Lipinski definition) is 6. The van der Waals surface area contributed by atoms with Crippen molar-refractivity contribution in [1.82, 2.24) is 20.2 Å². The van der Waals surface area contributed by atoms with Gasteiger partial charge in [0.1, 0.15) is 0 Å². The van der Waals surface area contributed by atoms with Crippen molar-refractivity contribution >= 4 is 34.4 Å². The molecule has 0 spiro atoms. The molecule has 0 bridgehead atoms. The Bertz CT molecular complexity index is 821. The quantitative estimate of drug-likeness (QED) is 0.578. The van der Waals surface area contributed by atoms with Crippen LogP contribution in [-0.2, 0) is 0 Å². The minimum absolute atomic E-state index is 0.559. The third kappa shape index (κ3) is 6.57. The van der Waals surface area contributed by atoms with Gasteiger partial charge in [0.05, 0.1) is 11.6 Å². The molecule has 1 aliphatic rings. The molecule has 0 atom stereocenters. The molecular weight excluding hydrogens is 356 g/mol. The van der Waals surface area contributed by atoms with Gasteiger partial charge in [-0.3, -0.25) is 5.10 Å². The first-order valence-corrected chi connectivity index (χ1v) is 10.3. The van der Waals surface area contributed by atoms with Gasteiger partial charge in [-0.2, -0.15) is 10.1 Å². The van der Waals surface area contributed by atoms with E-state index in [9.17, 15) is 0 Å². The summed E-state index contributed by atoms with van der Waals surface area (Å²) in [5, 5.41) is 17.3. The van der Waals surface area contributed by atoms with Crippen molar-refractivity contribution in [3.63, 3.8) is 0 Å². The molecule has 2 aromatic heterocycles. The number of anilines is 2. The summed E-state index contributed by atoms with van der Waals surface area (Å²) in [5.41, 5.74) is 1.69. The molecule has 1 saturated carbocycles. The van der Waals surface area contributed by atoms with Crippen LogP contribution in [0.1, 0.15) is 39.0 Å². The Morgan fingerprint density at radius 2 is 1.81 bits per heavy atom. The van der Waals surface area contributed by atoms with Crippen molar-refractivity contribution in [2.75, 3.05) is 11.6 Å². The number of nitrogens with one attached hydrogen (secondary N) is 2. The van der Waals surface area contributed by atoms with Crippen molar-refractivity contribution in [2.45, 2.75) is 43.9 Å². The summed E-state index contributed by atoms with van der Waals surface area (Å²) in [7, 11) is 0. The van der Waals surface area contributed by atoms with E-state index in [1.807, 2.05) is 12.1 Å². The van der Waals surface area contributed by atoms with Crippen LogP contribution in [0.15, 0.2) is 41.6 Å².